The zero-order valence-electron chi connectivity index (χ0n) is 32.1. The van der Waals surface area contributed by atoms with Crippen LogP contribution in [-0.2, 0) is 18.8 Å². The highest BCUT2D eigenvalue weighted by molar-refractivity contribution is 6.62. The number of rotatable bonds is 8. The Hall–Kier alpha value is -4.03. The number of aromatic nitrogens is 1. The first-order valence-electron chi connectivity index (χ1n) is 19.1. The van der Waals surface area contributed by atoms with Gasteiger partial charge in [0.05, 0.1) is 53.9 Å². The monoisotopic (exact) mass is 726 g/mol. The molecule has 1 saturated heterocycles. The van der Waals surface area contributed by atoms with Crippen molar-refractivity contribution in [3.05, 3.63) is 48.0 Å². The Morgan fingerprint density at radius 2 is 1.81 bits per heavy atom. The van der Waals surface area contributed by atoms with E-state index in [1.54, 1.807) is 6.21 Å². The van der Waals surface area contributed by atoms with Crippen molar-refractivity contribution >= 4 is 47.3 Å². The van der Waals surface area contributed by atoms with Crippen LogP contribution < -0.4 is 15.5 Å². The number of methoxy groups -OCH3 is 1. The number of ether oxygens (including phenoxy) is 2. The zero-order valence-corrected chi connectivity index (χ0v) is 32.1. The van der Waals surface area contributed by atoms with E-state index < -0.39 is 36.6 Å². The van der Waals surface area contributed by atoms with Gasteiger partial charge in [-0.15, -0.1) is 0 Å². The molecule has 4 aliphatic rings. The van der Waals surface area contributed by atoms with Gasteiger partial charge in [0.2, 0.25) is 0 Å². The molecule has 0 spiro atoms. The number of Topliss-reactive ketones (excluding diaryl/α,β-unsaturated/α-hetero) is 1. The van der Waals surface area contributed by atoms with Crippen LogP contribution in [0.3, 0.4) is 0 Å². The Morgan fingerprint density at radius 3 is 2.47 bits per heavy atom. The van der Waals surface area contributed by atoms with Crippen LogP contribution in [0.25, 0.3) is 22.2 Å². The topological polar surface area (TPSA) is 113 Å². The van der Waals surface area contributed by atoms with E-state index in [2.05, 4.69) is 80.9 Å². The zero-order chi connectivity index (χ0) is 37.8. The van der Waals surface area contributed by atoms with Gasteiger partial charge in [0.1, 0.15) is 11.9 Å². The SMILES string of the molecule is CCC1Oc2cc(C3=NCC(C4CC(F)CCC(C(=O)C(NC(=O)OC)C(C)C)C4)N=C3)ccc2-c2cc3cc(B4OC(C)(C)C(C)(C)O4)ccc3n21. The Labute approximate surface area is 312 Å². The molecule has 4 heterocycles. The first-order valence-corrected chi connectivity index (χ1v) is 19.1. The number of hydrogen-bond donors (Lipinski definition) is 1. The average molecular weight is 727 g/mol. The van der Waals surface area contributed by atoms with Gasteiger partial charge in [-0.1, -0.05) is 39.0 Å². The number of carbonyl (C=O) groups excluding carboxylic acids is 2. The third-order valence-corrected chi connectivity index (χ3v) is 12.0. The summed E-state index contributed by atoms with van der Waals surface area (Å²) >= 11 is 0. The second-order valence-corrected chi connectivity index (χ2v) is 16.4. The fourth-order valence-electron chi connectivity index (χ4n) is 8.22. The molecule has 12 heteroatoms. The van der Waals surface area contributed by atoms with Crippen LogP contribution in [-0.4, -0.2) is 78.6 Å². The summed E-state index contributed by atoms with van der Waals surface area (Å²) in [5, 5.41) is 3.79. The third kappa shape index (κ3) is 7.04. The number of nitrogens with one attached hydrogen (secondary N) is 1. The molecule has 2 aromatic carbocycles. The molecule has 3 aliphatic heterocycles. The molecular weight excluding hydrogens is 674 g/mol. The fraction of sp³-hybridized carbons (Fsp3) is 0.561. The maximum Gasteiger partial charge on any atom is 0.494 e. The highest BCUT2D eigenvalue weighted by atomic mass is 19.1. The van der Waals surface area contributed by atoms with Gasteiger partial charge >= 0.3 is 13.2 Å². The molecular formula is C41H52BFN4O6. The number of fused-ring (bicyclic) bond motifs is 5. The summed E-state index contributed by atoms with van der Waals surface area (Å²) in [4.78, 5) is 35.5. The number of carbonyl (C=O) groups is 2. The number of alkyl halides is 1. The van der Waals surface area contributed by atoms with E-state index in [1.807, 2.05) is 19.9 Å². The van der Waals surface area contributed by atoms with Gasteiger partial charge in [0.15, 0.2) is 12.0 Å². The molecule has 53 heavy (non-hydrogen) atoms. The Morgan fingerprint density at radius 1 is 1.06 bits per heavy atom. The summed E-state index contributed by atoms with van der Waals surface area (Å²) in [7, 11) is 0.838. The minimum absolute atomic E-state index is 0.0719. The van der Waals surface area contributed by atoms with Crippen LogP contribution in [0.4, 0.5) is 9.18 Å². The molecule has 1 amide bonds. The van der Waals surface area contributed by atoms with E-state index in [1.165, 1.54) is 7.11 Å². The normalized spacial score (nSPS) is 26.6. The van der Waals surface area contributed by atoms with Gasteiger partial charge in [0, 0.05) is 35.1 Å². The Kier molecular flexibility index (Phi) is 10.1. The lowest BCUT2D eigenvalue weighted by molar-refractivity contribution is -0.126. The summed E-state index contributed by atoms with van der Waals surface area (Å²) in [5.74, 6) is 0.0811. The molecule has 1 N–H and O–H groups in total. The van der Waals surface area contributed by atoms with Gasteiger partial charge < -0.3 is 28.7 Å². The second kappa shape index (κ2) is 14.3. The fourth-order valence-corrected chi connectivity index (χ4v) is 8.22. The van der Waals surface area contributed by atoms with Crippen LogP contribution in [0, 0.1) is 17.8 Å². The first kappa shape index (κ1) is 37.3. The van der Waals surface area contributed by atoms with Gasteiger partial charge in [-0.2, -0.15) is 0 Å². The van der Waals surface area contributed by atoms with Crippen molar-refractivity contribution in [2.24, 2.45) is 27.7 Å². The van der Waals surface area contributed by atoms with Crippen molar-refractivity contribution in [3.63, 3.8) is 0 Å². The minimum Gasteiger partial charge on any atom is -0.469 e. The summed E-state index contributed by atoms with van der Waals surface area (Å²) < 4.78 is 41.4. The molecule has 0 bridgehead atoms. The van der Waals surface area contributed by atoms with Gasteiger partial charge in [-0.05, 0) is 94.9 Å². The third-order valence-electron chi connectivity index (χ3n) is 12.0. The second-order valence-electron chi connectivity index (χ2n) is 16.4. The molecule has 1 saturated carbocycles. The standard InChI is InChI=1S/C41H52BFN4O6/c1-9-36-47-33-15-12-28(42-52-40(4,5)41(6,7)53-42)17-27(33)19-34(47)30-14-11-24(20-35(30)51-36)31-21-45-32(22-44-31)26-16-25(10-13-29(43)18-26)38(48)37(23(2)3)46-39(49)50-8/h11-12,14-15,17,19-21,23,25-26,29,32,36-37H,9-10,13,16,18,22H2,1-8H3,(H,46,49). The van der Waals surface area contributed by atoms with Gasteiger partial charge in [-0.25, -0.2) is 9.18 Å². The number of amides is 1. The summed E-state index contributed by atoms with van der Waals surface area (Å²) in [6, 6.07) is 13.9. The molecule has 3 aromatic rings. The van der Waals surface area contributed by atoms with E-state index in [-0.39, 0.29) is 35.8 Å². The summed E-state index contributed by atoms with van der Waals surface area (Å²) in [6.07, 6.45) is 2.33. The first-order chi connectivity index (χ1) is 25.2. The van der Waals surface area contributed by atoms with Crippen molar-refractivity contribution in [2.75, 3.05) is 13.7 Å². The number of alkyl carbamates (subject to hydrolysis) is 1. The molecule has 1 aromatic heterocycles. The maximum absolute atomic E-state index is 15.1. The minimum atomic E-state index is -1.01. The van der Waals surface area contributed by atoms with Gasteiger partial charge in [-0.3, -0.25) is 14.8 Å². The average Bonchev–Trinajstić information content (AvgIpc) is 3.53. The number of halogens is 1. The Bertz CT molecular complexity index is 1940. The van der Waals surface area contributed by atoms with E-state index in [0.717, 1.165) is 51.1 Å². The predicted molar refractivity (Wildman–Crippen MR) is 206 cm³/mol. The van der Waals surface area contributed by atoms with Crippen molar-refractivity contribution in [3.8, 4) is 17.0 Å². The molecule has 1 aliphatic carbocycles. The van der Waals surface area contributed by atoms with Gasteiger partial charge in [0.25, 0.3) is 0 Å². The summed E-state index contributed by atoms with van der Waals surface area (Å²) in [6.45, 7) is 14.6. The number of benzene rings is 2. The molecule has 7 rings (SSSR count). The largest absolute Gasteiger partial charge is 0.494 e. The van der Waals surface area contributed by atoms with E-state index in [0.29, 0.717) is 32.2 Å². The van der Waals surface area contributed by atoms with Crippen LogP contribution >= 0.6 is 0 Å². The van der Waals surface area contributed by atoms with Crippen LogP contribution in [0.15, 0.2) is 52.4 Å². The summed E-state index contributed by atoms with van der Waals surface area (Å²) in [5.41, 5.74) is 4.98. The highest BCUT2D eigenvalue weighted by Crippen LogP contribution is 2.44. The smallest absolute Gasteiger partial charge is 0.469 e. The highest BCUT2D eigenvalue weighted by Gasteiger charge is 2.51. The lowest BCUT2D eigenvalue weighted by Gasteiger charge is -2.32. The van der Waals surface area contributed by atoms with Crippen molar-refractivity contribution < 1.29 is 32.8 Å². The molecule has 6 atom stereocenters. The number of nitrogens with zero attached hydrogens (tertiary/aromatic N) is 3. The lowest BCUT2D eigenvalue weighted by Crippen LogP contribution is -2.47. The van der Waals surface area contributed by atoms with Crippen LogP contribution in [0.1, 0.15) is 92.4 Å². The van der Waals surface area contributed by atoms with Crippen molar-refractivity contribution in [1.82, 2.24) is 9.88 Å². The van der Waals surface area contributed by atoms with Crippen LogP contribution in [0.5, 0.6) is 5.75 Å². The quantitative estimate of drug-likeness (QED) is 0.194. The number of hydrogen-bond acceptors (Lipinski definition) is 8. The number of ketones is 1. The van der Waals surface area contributed by atoms with Crippen molar-refractivity contribution in [2.45, 2.75) is 116 Å². The maximum atomic E-state index is 15.1. The van der Waals surface area contributed by atoms with Crippen molar-refractivity contribution in [1.29, 1.82) is 0 Å². The van der Waals surface area contributed by atoms with E-state index >= 15 is 4.39 Å². The molecule has 0 radical (unpaired) electrons. The van der Waals surface area contributed by atoms with Crippen LogP contribution in [0.2, 0.25) is 0 Å². The predicted octanol–water partition coefficient (Wildman–Crippen LogP) is 7.24. The van der Waals surface area contributed by atoms with E-state index in [9.17, 15) is 9.59 Å². The molecule has 282 valence electrons. The molecule has 10 nitrogen and oxygen atoms in total. The molecule has 2 fully saturated rings. The number of aliphatic imine (C=N–C) groups is 2. The lowest BCUT2D eigenvalue weighted by atomic mass is 9.78. The van der Waals surface area contributed by atoms with E-state index in [4.69, 9.17) is 28.8 Å². The Balaban J connectivity index is 1.09. The molecule has 6 unspecified atom stereocenters.